The summed E-state index contributed by atoms with van der Waals surface area (Å²) >= 11 is 0. The van der Waals surface area contributed by atoms with Gasteiger partial charge in [0, 0.05) is 5.92 Å². The van der Waals surface area contributed by atoms with Gasteiger partial charge in [-0.25, -0.2) is 26.3 Å². The summed E-state index contributed by atoms with van der Waals surface area (Å²) in [7, 11) is 0. The van der Waals surface area contributed by atoms with Crippen molar-refractivity contribution in [3.63, 3.8) is 0 Å². The van der Waals surface area contributed by atoms with Crippen molar-refractivity contribution >= 4 is 0 Å². The zero-order valence-electron chi connectivity index (χ0n) is 14.1. The van der Waals surface area contributed by atoms with Crippen LogP contribution in [0.4, 0.5) is 26.3 Å². The molecule has 5 unspecified atom stereocenters. The normalized spacial score (nSPS) is 34.6. The van der Waals surface area contributed by atoms with Crippen LogP contribution in [0.25, 0.3) is 0 Å². The number of rotatable bonds is 3. The van der Waals surface area contributed by atoms with Gasteiger partial charge in [0.05, 0.1) is 5.92 Å². The molecule has 0 amide bonds. The van der Waals surface area contributed by atoms with Crippen molar-refractivity contribution in [1.29, 1.82) is 0 Å². The third kappa shape index (κ3) is 3.28. The van der Waals surface area contributed by atoms with Crippen LogP contribution in [0, 0.1) is 35.2 Å². The van der Waals surface area contributed by atoms with Gasteiger partial charge >= 0.3 is 0 Å². The largest absolute Gasteiger partial charge is 0.256 e. The van der Waals surface area contributed by atoms with Crippen LogP contribution in [0.15, 0.2) is 12.1 Å². The van der Waals surface area contributed by atoms with Gasteiger partial charge in [-0.05, 0) is 61.6 Å². The van der Waals surface area contributed by atoms with Gasteiger partial charge < -0.3 is 0 Å². The summed E-state index contributed by atoms with van der Waals surface area (Å²) in [5.41, 5.74) is 0.146. The molecule has 0 aliphatic heterocycles. The number of alkyl halides is 3. The van der Waals surface area contributed by atoms with Crippen molar-refractivity contribution < 1.29 is 26.3 Å². The van der Waals surface area contributed by atoms with E-state index < -0.39 is 53.2 Å². The quantitative estimate of drug-likeness (QED) is 0.430. The molecule has 2 fully saturated rings. The molecule has 0 bridgehead atoms. The van der Waals surface area contributed by atoms with Crippen LogP contribution >= 0.6 is 0 Å². The van der Waals surface area contributed by atoms with Crippen molar-refractivity contribution in [1.82, 2.24) is 0 Å². The van der Waals surface area contributed by atoms with Crippen LogP contribution in [0.1, 0.15) is 56.9 Å². The van der Waals surface area contributed by atoms with Crippen LogP contribution in [0.2, 0.25) is 0 Å². The summed E-state index contributed by atoms with van der Waals surface area (Å²) in [5, 5.41) is 0. The van der Waals surface area contributed by atoms with Crippen LogP contribution in [-0.4, -0.2) is 12.1 Å². The predicted molar refractivity (Wildman–Crippen MR) is 82.7 cm³/mol. The minimum atomic E-state index is -3.05. The second-order valence-electron chi connectivity index (χ2n) is 7.51. The van der Waals surface area contributed by atoms with Gasteiger partial charge in [-0.1, -0.05) is 13.3 Å². The summed E-state index contributed by atoms with van der Waals surface area (Å²) in [6.07, 6.45) is 0.140. The van der Waals surface area contributed by atoms with E-state index in [1.54, 1.807) is 0 Å². The fourth-order valence-corrected chi connectivity index (χ4v) is 4.81. The molecule has 2 saturated carbocycles. The van der Waals surface area contributed by atoms with Gasteiger partial charge in [-0.2, -0.15) is 0 Å². The molecule has 0 saturated heterocycles. The maximum absolute atomic E-state index is 14.8. The number of fused-ring (bicyclic) bond motifs is 1. The molecule has 3 rings (SSSR count). The molecule has 5 atom stereocenters. The first-order chi connectivity index (χ1) is 11.8. The lowest BCUT2D eigenvalue weighted by molar-refractivity contribution is -0.106. The van der Waals surface area contributed by atoms with E-state index in [2.05, 4.69) is 0 Å². The number of hydrogen-bond acceptors (Lipinski definition) is 0. The molecule has 1 aromatic rings. The van der Waals surface area contributed by atoms with Gasteiger partial charge in [0.2, 0.25) is 0 Å². The Bertz CT molecular complexity index is 605. The smallest absolute Gasteiger partial charge is 0.247 e. The number of benzene rings is 1. The molecular weight excluding hydrogens is 342 g/mol. The minimum absolute atomic E-state index is 0.146. The van der Waals surface area contributed by atoms with E-state index >= 15 is 0 Å². The zero-order valence-corrected chi connectivity index (χ0v) is 14.1. The summed E-state index contributed by atoms with van der Waals surface area (Å²) in [5.74, 6) is -10.4. The van der Waals surface area contributed by atoms with Gasteiger partial charge in [0.15, 0.2) is 17.5 Å². The number of hydrogen-bond donors (Lipinski definition) is 0. The molecule has 2 aliphatic rings. The van der Waals surface area contributed by atoms with Crippen LogP contribution in [0.5, 0.6) is 0 Å². The molecule has 2 aliphatic carbocycles. The van der Waals surface area contributed by atoms with E-state index in [9.17, 15) is 26.3 Å². The van der Waals surface area contributed by atoms with Crippen LogP contribution in [-0.2, 0) is 0 Å². The molecule has 0 radical (unpaired) electrons. The lowest BCUT2D eigenvalue weighted by Crippen LogP contribution is -2.37. The maximum atomic E-state index is 14.8. The topological polar surface area (TPSA) is 0 Å². The summed E-state index contributed by atoms with van der Waals surface area (Å²) in [6, 6.07) is 1.71. The Balaban J connectivity index is 1.83. The fourth-order valence-electron chi connectivity index (χ4n) is 4.81. The molecule has 0 spiro atoms. The third-order valence-electron chi connectivity index (χ3n) is 5.98. The second kappa shape index (κ2) is 6.84. The van der Waals surface area contributed by atoms with Crippen molar-refractivity contribution in [2.45, 2.75) is 63.5 Å². The SMILES string of the molecule is CCCC1CC2CCC(c3cc(F)c(F)c(F)c3)CC(F)C2C1(F)F. The first-order valence-electron chi connectivity index (χ1n) is 8.92. The summed E-state index contributed by atoms with van der Waals surface area (Å²) < 4.78 is 84.1. The van der Waals surface area contributed by atoms with Crippen molar-refractivity contribution in [3.05, 3.63) is 35.1 Å². The molecule has 0 nitrogen and oxygen atoms in total. The van der Waals surface area contributed by atoms with Crippen molar-refractivity contribution in [2.75, 3.05) is 0 Å². The lowest BCUT2D eigenvalue weighted by atomic mass is 9.86. The highest BCUT2D eigenvalue weighted by molar-refractivity contribution is 5.24. The van der Waals surface area contributed by atoms with E-state index in [0.717, 1.165) is 12.1 Å². The molecule has 25 heavy (non-hydrogen) atoms. The predicted octanol–water partition coefficient (Wildman–Crippen LogP) is 6.40. The van der Waals surface area contributed by atoms with E-state index in [0.29, 0.717) is 32.1 Å². The summed E-state index contributed by atoms with van der Waals surface area (Å²) in [4.78, 5) is 0. The average Bonchev–Trinajstić information content (AvgIpc) is 2.67. The third-order valence-corrected chi connectivity index (χ3v) is 5.98. The first-order valence-corrected chi connectivity index (χ1v) is 8.92. The molecule has 140 valence electrons. The van der Waals surface area contributed by atoms with Crippen LogP contribution < -0.4 is 0 Å². The Hall–Kier alpha value is -1.20. The standard InChI is InChI=1S/C19H22F6/c1-2-3-13-6-11-5-4-10(7-14(20)17(11)19(13,24)25)12-8-15(21)18(23)16(22)9-12/h8-11,13-14,17H,2-7H2,1H3. The molecule has 0 N–H and O–H groups in total. The zero-order chi connectivity index (χ0) is 18.4. The molecule has 0 heterocycles. The van der Waals surface area contributed by atoms with Crippen molar-refractivity contribution in [2.24, 2.45) is 17.8 Å². The Morgan fingerprint density at radius 1 is 1.04 bits per heavy atom. The minimum Gasteiger partial charge on any atom is -0.247 e. The van der Waals surface area contributed by atoms with Gasteiger partial charge in [-0.3, -0.25) is 0 Å². The molecule has 0 aromatic heterocycles. The Morgan fingerprint density at radius 3 is 2.28 bits per heavy atom. The van der Waals surface area contributed by atoms with E-state index in [1.165, 1.54) is 0 Å². The van der Waals surface area contributed by atoms with E-state index in [4.69, 9.17) is 0 Å². The molecular formula is C19H22F6. The Kier molecular flexibility index (Phi) is 5.09. The van der Waals surface area contributed by atoms with Gasteiger partial charge in [0.25, 0.3) is 5.92 Å². The Labute approximate surface area is 143 Å². The second-order valence-corrected chi connectivity index (χ2v) is 7.51. The Morgan fingerprint density at radius 2 is 1.68 bits per heavy atom. The van der Waals surface area contributed by atoms with Crippen LogP contribution in [0.3, 0.4) is 0 Å². The van der Waals surface area contributed by atoms with Crippen molar-refractivity contribution in [3.8, 4) is 0 Å². The van der Waals surface area contributed by atoms with Gasteiger partial charge in [0.1, 0.15) is 6.17 Å². The molecule has 1 aromatic carbocycles. The number of halogens is 6. The highest BCUT2D eigenvalue weighted by atomic mass is 19.3. The average molecular weight is 364 g/mol. The van der Waals surface area contributed by atoms with E-state index in [-0.39, 0.29) is 12.0 Å². The summed E-state index contributed by atoms with van der Waals surface area (Å²) in [6.45, 7) is 1.84. The highest BCUT2D eigenvalue weighted by Gasteiger charge is 2.60. The van der Waals surface area contributed by atoms with Gasteiger partial charge in [-0.15, -0.1) is 0 Å². The fraction of sp³-hybridized carbons (Fsp3) is 0.684. The van der Waals surface area contributed by atoms with E-state index in [1.807, 2.05) is 6.92 Å². The molecule has 6 heteroatoms. The maximum Gasteiger partial charge on any atom is 0.256 e. The lowest BCUT2D eigenvalue weighted by Gasteiger charge is -2.28. The first kappa shape index (κ1) is 18.6. The monoisotopic (exact) mass is 364 g/mol. The highest BCUT2D eigenvalue weighted by Crippen LogP contribution is 2.57.